The number of hydrogen-bond acceptors (Lipinski definition) is 3. The van der Waals surface area contributed by atoms with Crippen LogP contribution in [0.15, 0.2) is 78.9 Å². The lowest BCUT2D eigenvalue weighted by Crippen LogP contribution is -2.45. The van der Waals surface area contributed by atoms with Gasteiger partial charge >= 0.3 is 0 Å². The third kappa shape index (κ3) is 6.29. The molecule has 3 aromatic rings. The number of halogens is 1. The van der Waals surface area contributed by atoms with Crippen LogP contribution in [-0.4, -0.2) is 17.6 Å². The SMILES string of the molecule is O=C(COc1ccccc1Cc1ccccc1)NNC(=S)Nc1ccccc1F. The van der Waals surface area contributed by atoms with Crippen molar-refractivity contribution in [3.63, 3.8) is 0 Å². The summed E-state index contributed by atoms with van der Waals surface area (Å²) in [6, 6.07) is 23.7. The van der Waals surface area contributed by atoms with Crippen molar-refractivity contribution in [2.75, 3.05) is 11.9 Å². The zero-order valence-corrected chi connectivity index (χ0v) is 16.3. The first-order chi connectivity index (χ1) is 14.1. The van der Waals surface area contributed by atoms with Crippen LogP contribution in [0, 0.1) is 5.82 Å². The van der Waals surface area contributed by atoms with Gasteiger partial charge in [-0.15, -0.1) is 0 Å². The van der Waals surface area contributed by atoms with Crippen LogP contribution in [0.3, 0.4) is 0 Å². The summed E-state index contributed by atoms with van der Waals surface area (Å²) in [6.07, 6.45) is 0.702. The maximum atomic E-state index is 13.6. The molecule has 29 heavy (non-hydrogen) atoms. The lowest BCUT2D eigenvalue weighted by molar-refractivity contribution is -0.123. The van der Waals surface area contributed by atoms with Crippen LogP contribution in [-0.2, 0) is 11.2 Å². The van der Waals surface area contributed by atoms with Gasteiger partial charge in [-0.2, -0.15) is 0 Å². The summed E-state index contributed by atoms with van der Waals surface area (Å²) >= 11 is 5.04. The van der Waals surface area contributed by atoms with Gasteiger partial charge in [0.05, 0.1) is 5.69 Å². The Morgan fingerprint density at radius 1 is 0.897 bits per heavy atom. The van der Waals surface area contributed by atoms with Crippen molar-refractivity contribution < 1.29 is 13.9 Å². The van der Waals surface area contributed by atoms with Crippen molar-refractivity contribution in [2.45, 2.75) is 6.42 Å². The highest BCUT2D eigenvalue weighted by Gasteiger charge is 2.08. The average molecular weight is 409 g/mol. The van der Waals surface area contributed by atoms with Crippen molar-refractivity contribution in [3.05, 3.63) is 95.8 Å². The van der Waals surface area contributed by atoms with Gasteiger partial charge in [-0.3, -0.25) is 15.6 Å². The van der Waals surface area contributed by atoms with Gasteiger partial charge in [-0.25, -0.2) is 4.39 Å². The zero-order chi connectivity index (χ0) is 20.5. The molecule has 148 valence electrons. The molecule has 0 saturated heterocycles. The van der Waals surface area contributed by atoms with E-state index in [4.69, 9.17) is 17.0 Å². The van der Waals surface area contributed by atoms with Gasteiger partial charge in [-0.05, 0) is 41.5 Å². The zero-order valence-electron chi connectivity index (χ0n) is 15.5. The number of amides is 1. The van der Waals surface area contributed by atoms with Gasteiger partial charge in [-0.1, -0.05) is 60.7 Å². The number of hydrogen-bond donors (Lipinski definition) is 3. The normalized spacial score (nSPS) is 10.1. The topological polar surface area (TPSA) is 62.4 Å². The first-order valence-electron chi connectivity index (χ1n) is 8.97. The number of carbonyl (C=O) groups excluding carboxylic acids is 1. The van der Waals surface area contributed by atoms with Crippen LogP contribution in [0.4, 0.5) is 10.1 Å². The van der Waals surface area contributed by atoms with E-state index in [0.717, 1.165) is 11.1 Å². The number of hydrazine groups is 1. The van der Waals surface area contributed by atoms with Gasteiger partial charge in [0.2, 0.25) is 0 Å². The minimum Gasteiger partial charge on any atom is -0.483 e. The molecule has 0 spiro atoms. The molecule has 0 aliphatic rings. The minimum absolute atomic E-state index is 0.0629. The average Bonchev–Trinajstić information content (AvgIpc) is 2.74. The second kappa shape index (κ2) is 10.2. The molecule has 3 rings (SSSR count). The number of ether oxygens (including phenoxy) is 1. The summed E-state index contributed by atoms with van der Waals surface area (Å²) in [5.41, 5.74) is 7.29. The molecule has 5 nitrogen and oxygen atoms in total. The van der Waals surface area contributed by atoms with E-state index < -0.39 is 11.7 Å². The molecule has 3 aromatic carbocycles. The first kappa shape index (κ1) is 20.3. The molecule has 0 aliphatic carbocycles. The highest BCUT2D eigenvalue weighted by molar-refractivity contribution is 7.80. The number of benzene rings is 3. The summed E-state index contributed by atoms with van der Waals surface area (Å²) in [4.78, 5) is 12.0. The Morgan fingerprint density at radius 2 is 1.59 bits per heavy atom. The second-order valence-corrected chi connectivity index (χ2v) is 6.57. The van der Waals surface area contributed by atoms with E-state index in [1.54, 1.807) is 12.1 Å². The minimum atomic E-state index is -0.443. The van der Waals surface area contributed by atoms with Crippen LogP contribution in [0.1, 0.15) is 11.1 Å². The predicted octanol–water partition coefficient (Wildman–Crippen LogP) is 3.81. The van der Waals surface area contributed by atoms with E-state index in [0.29, 0.717) is 12.2 Å². The molecular weight excluding hydrogens is 389 g/mol. The molecule has 1 amide bonds. The van der Waals surface area contributed by atoms with Crippen molar-refractivity contribution in [2.24, 2.45) is 0 Å². The molecule has 0 aliphatic heterocycles. The fourth-order valence-electron chi connectivity index (χ4n) is 2.63. The monoisotopic (exact) mass is 409 g/mol. The highest BCUT2D eigenvalue weighted by Crippen LogP contribution is 2.21. The smallest absolute Gasteiger partial charge is 0.276 e. The van der Waals surface area contributed by atoms with Gasteiger partial charge in [0.1, 0.15) is 11.6 Å². The Bertz CT molecular complexity index is 983. The van der Waals surface area contributed by atoms with Crippen molar-refractivity contribution in [1.29, 1.82) is 0 Å². The van der Waals surface area contributed by atoms with Crippen LogP contribution in [0.2, 0.25) is 0 Å². The number of thiocarbonyl (C=S) groups is 1. The van der Waals surface area contributed by atoms with Gasteiger partial charge in [0, 0.05) is 6.42 Å². The molecule has 0 fully saturated rings. The Hall–Kier alpha value is -3.45. The van der Waals surface area contributed by atoms with E-state index in [1.807, 2.05) is 54.6 Å². The quantitative estimate of drug-likeness (QED) is 0.427. The first-order valence-corrected chi connectivity index (χ1v) is 9.37. The molecule has 0 saturated carbocycles. The lowest BCUT2D eigenvalue weighted by atomic mass is 10.0. The molecule has 0 aromatic heterocycles. The third-order valence-corrected chi connectivity index (χ3v) is 4.21. The number of carbonyl (C=O) groups is 1. The molecule has 0 radical (unpaired) electrons. The summed E-state index contributed by atoms with van der Waals surface area (Å²) < 4.78 is 19.3. The molecule has 0 heterocycles. The van der Waals surface area contributed by atoms with E-state index in [2.05, 4.69) is 16.2 Å². The Labute approximate surface area is 173 Å². The summed E-state index contributed by atoms with van der Waals surface area (Å²) in [6.45, 7) is -0.193. The van der Waals surface area contributed by atoms with E-state index in [9.17, 15) is 9.18 Å². The number of nitrogens with one attached hydrogen (secondary N) is 3. The molecule has 0 bridgehead atoms. The third-order valence-electron chi connectivity index (χ3n) is 4.01. The largest absolute Gasteiger partial charge is 0.483 e. The Balaban J connectivity index is 1.48. The van der Waals surface area contributed by atoms with Crippen LogP contribution >= 0.6 is 12.2 Å². The van der Waals surface area contributed by atoms with Crippen LogP contribution < -0.4 is 20.9 Å². The summed E-state index contributed by atoms with van der Waals surface area (Å²) in [5, 5.41) is 2.73. The Kier molecular flexibility index (Phi) is 7.13. The van der Waals surface area contributed by atoms with Crippen molar-refractivity contribution >= 4 is 28.9 Å². The van der Waals surface area contributed by atoms with Gasteiger partial charge in [0.15, 0.2) is 11.7 Å². The molecule has 7 heteroatoms. The lowest BCUT2D eigenvalue weighted by Gasteiger charge is -2.14. The fraction of sp³-hybridized carbons (Fsp3) is 0.0909. The predicted molar refractivity (Wildman–Crippen MR) is 115 cm³/mol. The maximum absolute atomic E-state index is 13.6. The number of rotatable bonds is 6. The summed E-state index contributed by atoms with van der Waals surface area (Å²) in [5.74, 6) is -0.225. The summed E-state index contributed by atoms with van der Waals surface area (Å²) in [7, 11) is 0. The maximum Gasteiger partial charge on any atom is 0.276 e. The van der Waals surface area contributed by atoms with E-state index in [1.165, 1.54) is 12.1 Å². The van der Waals surface area contributed by atoms with Gasteiger partial charge in [0.25, 0.3) is 5.91 Å². The molecule has 0 atom stereocenters. The number of anilines is 1. The van der Waals surface area contributed by atoms with Crippen LogP contribution in [0.5, 0.6) is 5.75 Å². The van der Waals surface area contributed by atoms with Crippen molar-refractivity contribution in [3.8, 4) is 5.75 Å². The molecule has 3 N–H and O–H groups in total. The molecular formula is C22H20FN3O2S. The second-order valence-electron chi connectivity index (χ2n) is 6.17. The van der Waals surface area contributed by atoms with Crippen LogP contribution in [0.25, 0.3) is 0 Å². The standard InChI is InChI=1S/C22H20FN3O2S/c23-18-11-5-6-12-19(18)24-22(29)26-25-21(27)15-28-20-13-7-4-10-17(20)14-16-8-2-1-3-9-16/h1-13H,14-15H2,(H,25,27)(H2,24,26,29). The number of para-hydroxylation sites is 2. The van der Waals surface area contributed by atoms with E-state index >= 15 is 0 Å². The van der Waals surface area contributed by atoms with Gasteiger partial charge < -0.3 is 10.1 Å². The highest BCUT2D eigenvalue weighted by atomic mass is 32.1. The fourth-order valence-corrected chi connectivity index (χ4v) is 2.79. The van der Waals surface area contributed by atoms with E-state index in [-0.39, 0.29) is 17.4 Å². The van der Waals surface area contributed by atoms with Crippen molar-refractivity contribution in [1.82, 2.24) is 10.9 Å². The Morgan fingerprint density at radius 3 is 2.38 bits per heavy atom. The molecule has 0 unspecified atom stereocenters.